The summed E-state index contributed by atoms with van der Waals surface area (Å²) in [6.07, 6.45) is 9.37. The molecule has 4 amide bonds. The smallest absolute Gasteiger partial charge is 0.251 e. The highest BCUT2D eigenvalue weighted by molar-refractivity contribution is 6.24. The van der Waals surface area contributed by atoms with Gasteiger partial charge in [0.15, 0.2) is 0 Å². The van der Waals surface area contributed by atoms with Crippen LogP contribution in [0.5, 0.6) is 0 Å². The molecule has 4 fully saturated rings. The average molecular weight is 495 g/mol. The molecule has 0 spiro atoms. The molecule has 6 atom stereocenters. The van der Waals surface area contributed by atoms with Gasteiger partial charge in [-0.15, -0.1) is 0 Å². The normalized spacial score (nSPS) is 33.6. The lowest BCUT2D eigenvalue weighted by Gasteiger charge is -2.31. The number of rotatable bonds is 6. The lowest BCUT2D eigenvalue weighted by atomic mass is 9.85. The summed E-state index contributed by atoms with van der Waals surface area (Å²) in [6.45, 7) is 4.40. The zero-order valence-corrected chi connectivity index (χ0v) is 21.4. The van der Waals surface area contributed by atoms with E-state index in [2.05, 4.69) is 24.5 Å². The van der Waals surface area contributed by atoms with Gasteiger partial charge in [-0.05, 0) is 61.8 Å². The minimum absolute atomic E-state index is 0.153. The van der Waals surface area contributed by atoms with Crippen molar-refractivity contribution in [2.24, 2.45) is 11.8 Å². The molecule has 4 aliphatic rings. The maximum absolute atomic E-state index is 13.1. The van der Waals surface area contributed by atoms with E-state index in [-0.39, 0.29) is 48.6 Å². The van der Waals surface area contributed by atoms with Crippen LogP contribution in [0.15, 0.2) is 24.3 Å². The number of nitrogens with one attached hydrogen (secondary N) is 2. The molecule has 0 radical (unpaired) electrons. The molecule has 36 heavy (non-hydrogen) atoms. The van der Waals surface area contributed by atoms with Crippen LogP contribution in [0.1, 0.15) is 78.1 Å². The third-order valence-electron chi connectivity index (χ3n) is 8.71. The Hall–Kier alpha value is -2.58. The van der Waals surface area contributed by atoms with Crippen LogP contribution >= 0.6 is 0 Å². The number of nitrogens with zero attached hydrogens (tertiary/aromatic N) is 2. The molecule has 2 N–H and O–H groups in total. The van der Waals surface area contributed by atoms with Crippen molar-refractivity contribution in [3.05, 3.63) is 24.3 Å². The van der Waals surface area contributed by atoms with Crippen molar-refractivity contribution in [3.8, 4) is 0 Å². The van der Waals surface area contributed by atoms with E-state index in [1.807, 2.05) is 0 Å². The van der Waals surface area contributed by atoms with Crippen molar-refractivity contribution in [1.29, 1.82) is 0 Å². The summed E-state index contributed by atoms with van der Waals surface area (Å²) < 4.78 is 0. The van der Waals surface area contributed by atoms with Crippen molar-refractivity contribution in [2.75, 3.05) is 9.80 Å². The van der Waals surface area contributed by atoms with Crippen LogP contribution in [0.3, 0.4) is 0 Å². The standard InChI is InChI=1S/C28H38N4O4/c1-17-7-3-5-9-21(17)29-23-15-25(33)31(27(23)35)19-11-13-20(14-12-19)32-26(34)16-24(28(32)36)30-22-10-6-4-8-18(22)2/h11-14,17-18,21-24,29-30H,3-10,15-16H2,1-2H3/t17-,18-,21-,22+,23+,24-/m0/s1. The Bertz CT molecular complexity index is 944. The van der Waals surface area contributed by atoms with E-state index >= 15 is 0 Å². The van der Waals surface area contributed by atoms with Crippen LogP contribution in [0.4, 0.5) is 11.4 Å². The molecule has 8 heteroatoms. The minimum Gasteiger partial charge on any atom is -0.302 e. The first-order valence-corrected chi connectivity index (χ1v) is 13.7. The molecule has 1 aromatic carbocycles. The fourth-order valence-corrected chi connectivity index (χ4v) is 6.46. The highest BCUT2D eigenvalue weighted by Crippen LogP contribution is 2.31. The van der Waals surface area contributed by atoms with Crippen LogP contribution in [0, 0.1) is 11.8 Å². The molecule has 0 bridgehead atoms. The van der Waals surface area contributed by atoms with Gasteiger partial charge in [-0.3, -0.25) is 19.2 Å². The number of amides is 4. The van der Waals surface area contributed by atoms with Gasteiger partial charge in [-0.1, -0.05) is 39.5 Å². The lowest BCUT2D eigenvalue weighted by molar-refractivity contribution is -0.123. The summed E-state index contributed by atoms with van der Waals surface area (Å²) in [7, 11) is 0. The van der Waals surface area contributed by atoms with Gasteiger partial charge < -0.3 is 10.6 Å². The van der Waals surface area contributed by atoms with Gasteiger partial charge in [0.2, 0.25) is 11.8 Å². The van der Waals surface area contributed by atoms with E-state index in [9.17, 15) is 19.2 Å². The summed E-state index contributed by atoms with van der Waals surface area (Å²) in [4.78, 5) is 54.2. The Morgan fingerprint density at radius 3 is 1.33 bits per heavy atom. The third kappa shape index (κ3) is 4.85. The van der Waals surface area contributed by atoms with Gasteiger partial charge in [0, 0.05) is 12.1 Å². The van der Waals surface area contributed by atoms with Crippen LogP contribution in [0.25, 0.3) is 0 Å². The quantitative estimate of drug-likeness (QED) is 0.589. The maximum atomic E-state index is 13.1. The largest absolute Gasteiger partial charge is 0.302 e. The fraction of sp³-hybridized carbons (Fsp3) is 0.643. The number of anilines is 2. The van der Waals surface area contributed by atoms with Crippen LogP contribution in [0.2, 0.25) is 0 Å². The van der Waals surface area contributed by atoms with E-state index in [1.54, 1.807) is 24.3 Å². The predicted molar refractivity (Wildman–Crippen MR) is 137 cm³/mol. The van der Waals surface area contributed by atoms with Gasteiger partial charge in [0.25, 0.3) is 11.8 Å². The Morgan fingerprint density at radius 2 is 0.972 bits per heavy atom. The second-order valence-corrected chi connectivity index (χ2v) is 11.2. The molecule has 2 aliphatic carbocycles. The lowest BCUT2D eigenvalue weighted by Crippen LogP contribution is -2.47. The van der Waals surface area contributed by atoms with Crippen molar-refractivity contribution < 1.29 is 19.2 Å². The van der Waals surface area contributed by atoms with E-state index in [1.165, 1.54) is 22.6 Å². The highest BCUT2D eigenvalue weighted by atomic mass is 16.2. The number of hydrogen-bond donors (Lipinski definition) is 2. The molecule has 1 aromatic rings. The molecule has 2 heterocycles. The number of benzene rings is 1. The van der Waals surface area contributed by atoms with E-state index in [0.717, 1.165) is 38.5 Å². The molecule has 2 saturated carbocycles. The number of carbonyl (C=O) groups is 4. The fourth-order valence-electron chi connectivity index (χ4n) is 6.46. The summed E-state index contributed by atoms with van der Waals surface area (Å²) in [5, 5.41) is 6.88. The van der Waals surface area contributed by atoms with Crippen molar-refractivity contribution in [3.63, 3.8) is 0 Å². The zero-order valence-electron chi connectivity index (χ0n) is 21.4. The van der Waals surface area contributed by atoms with Crippen molar-refractivity contribution in [1.82, 2.24) is 10.6 Å². The maximum Gasteiger partial charge on any atom is 0.251 e. The Balaban J connectivity index is 1.24. The Labute approximate surface area is 213 Å². The van der Waals surface area contributed by atoms with Gasteiger partial charge in [-0.25, -0.2) is 9.80 Å². The van der Waals surface area contributed by atoms with E-state index in [4.69, 9.17) is 0 Å². The summed E-state index contributed by atoms with van der Waals surface area (Å²) >= 11 is 0. The third-order valence-corrected chi connectivity index (χ3v) is 8.71. The second-order valence-electron chi connectivity index (χ2n) is 11.2. The molecule has 2 aliphatic heterocycles. The summed E-state index contributed by atoms with van der Waals surface area (Å²) in [5.41, 5.74) is 0.944. The minimum atomic E-state index is -0.501. The van der Waals surface area contributed by atoms with Gasteiger partial charge >= 0.3 is 0 Å². The molecule has 0 aromatic heterocycles. The molecule has 2 saturated heterocycles. The van der Waals surface area contributed by atoms with Crippen molar-refractivity contribution >= 4 is 35.0 Å². The second kappa shape index (κ2) is 10.4. The first-order valence-electron chi connectivity index (χ1n) is 13.7. The topological polar surface area (TPSA) is 98.8 Å². The molecule has 0 unspecified atom stereocenters. The van der Waals surface area contributed by atoms with Gasteiger partial charge in [0.1, 0.15) is 0 Å². The first-order chi connectivity index (χ1) is 17.3. The molecular formula is C28H38N4O4. The Kier molecular flexibility index (Phi) is 7.26. The summed E-state index contributed by atoms with van der Waals surface area (Å²) in [6, 6.07) is 6.13. The first kappa shape index (κ1) is 25.1. The molecule has 8 nitrogen and oxygen atoms in total. The van der Waals surface area contributed by atoms with E-state index in [0.29, 0.717) is 23.2 Å². The van der Waals surface area contributed by atoms with Crippen LogP contribution in [-0.2, 0) is 19.2 Å². The van der Waals surface area contributed by atoms with Gasteiger partial charge in [-0.2, -0.15) is 0 Å². The average Bonchev–Trinajstić information content (AvgIpc) is 3.30. The Morgan fingerprint density at radius 1 is 0.611 bits per heavy atom. The SMILES string of the molecule is C[C@H]1CCCC[C@@H]1N[C@@H]1CC(=O)N(c2ccc(N3C(=O)C[C@H](N[C@@H]4CCCC[C@@H]4C)C3=O)cc2)C1=O. The highest BCUT2D eigenvalue weighted by Gasteiger charge is 2.43. The monoisotopic (exact) mass is 494 g/mol. The number of carbonyl (C=O) groups excluding carboxylic acids is 4. The van der Waals surface area contributed by atoms with Crippen molar-refractivity contribution in [2.45, 2.75) is 102 Å². The molecule has 5 rings (SSSR count). The number of hydrogen-bond acceptors (Lipinski definition) is 6. The van der Waals surface area contributed by atoms with Gasteiger partial charge in [0.05, 0.1) is 36.3 Å². The number of imide groups is 2. The van der Waals surface area contributed by atoms with Crippen LogP contribution in [-0.4, -0.2) is 47.8 Å². The molecule has 194 valence electrons. The predicted octanol–water partition coefficient (Wildman–Crippen LogP) is 3.29. The van der Waals surface area contributed by atoms with Crippen LogP contribution < -0.4 is 20.4 Å². The molecular weight excluding hydrogens is 456 g/mol. The summed E-state index contributed by atoms with van der Waals surface area (Å²) in [5.74, 6) is 0.0607. The zero-order chi connectivity index (χ0) is 25.4. The van der Waals surface area contributed by atoms with E-state index < -0.39 is 12.1 Å².